The van der Waals surface area contributed by atoms with Gasteiger partial charge in [-0.2, -0.15) is 5.26 Å². The van der Waals surface area contributed by atoms with Gasteiger partial charge in [0.1, 0.15) is 11.9 Å². The quantitative estimate of drug-likeness (QED) is 0.883. The number of fused-ring (bicyclic) bond motifs is 2. The minimum Gasteiger partial charge on any atom is -0.326 e. The maximum atomic E-state index is 14.2. The highest BCUT2D eigenvalue weighted by Gasteiger charge is 2.44. The van der Waals surface area contributed by atoms with Crippen molar-refractivity contribution in [2.45, 2.75) is 62.7 Å². The van der Waals surface area contributed by atoms with Gasteiger partial charge < -0.3 is 5.73 Å². The minimum atomic E-state index is -0.439. The molecule has 2 N–H and O–H groups in total. The van der Waals surface area contributed by atoms with E-state index in [4.69, 9.17) is 11.0 Å². The van der Waals surface area contributed by atoms with Crippen LogP contribution in [0.15, 0.2) is 36.4 Å². The fourth-order valence-corrected chi connectivity index (χ4v) is 5.22. The molecule has 3 nitrogen and oxygen atoms in total. The SMILES string of the molecule is N#Cc1ccc(-c2cccc(CN3[C@@H]4CC[C@H]3[C@H](N)C4)c2C2CC2)cc1F. The van der Waals surface area contributed by atoms with Gasteiger partial charge in [0.05, 0.1) is 5.56 Å². The Hall–Kier alpha value is -2.22. The van der Waals surface area contributed by atoms with Crippen LogP contribution in [-0.2, 0) is 6.54 Å². The Bertz CT molecular complexity index is 928. The summed E-state index contributed by atoms with van der Waals surface area (Å²) in [6.07, 6.45) is 6.00. The molecular weight excluding hydrogens is 337 g/mol. The molecule has 0 spiro atoms. The summed E-state index contributed by atoms with van der Waals surface area (Å²) >= 11 is 0. The molecule has 2 aromatic rings. The van der Waals surface area contributed by atoms with Crippen molar-refractivity contribution in [1.82, 2.24) is 4.90 Å². The van der Waals surface area contributed by atoms with Crippen LogP contribution in [0.1, 0.15) is 54.7 Å². The standard InChI is InChI=1S/C23H24FN3/c24-20-10-15(6-7-16(20)12-25)19-3-1-2-17(23(19)14-4-5-14)13-27-18-8-9-22(27)21(26)11-18/h1-3,6-7,10,14,18,21-22H,4-5,8-9,11,13,26H2/t18-,21-,22+/m1/s1. The van der Waals surface area contributed by atoms with Crippen LogP contribution >= 0.6 is 0 Å². The number of nitrogens with zero attached hydrogens (tertiary/aromatic N) is 2. The van der Waals surface area contributed by atoms with Crippen molar-refractivity contribution in [3.05, 3.63) is 58.9 Å². The van der Waals surface area contributed by atoms with Gasteiger partial charge in [-0.25, -0.2) is 4.39 Å². The van der Waals surface area contributed by atoms with Gasteiger partial charge in [0.15, 0.2) is 0 Å². The Labute approximate surface area is 159 Å². The molecule has 3 fully saturated rings. The molecular formula is C23H24FN3. The normalized spacial score (nSPS) is 27.1. The fourth-order valence-electron chi connectivity index (χ4n) is 5.22. The molecule has 2 heterocycles. The van der Waals surface area contributed by atoms with E-state index in [2.05, 4.69) is 23.1 Å². The van der Waals surface area contributed by atoms with Gasteiger partial charge in [-0.1, -0.05) is 24.3 Å². The highest BCUT2D eigenvalue weighted by atomic mass is 19.1. The molecule has 3 aliphatic rings. The first-order valence-corrected chi connectivity index (χ1v) is 9.99. The third-order valence-electron chi connectivity index (χ3n) is 6.66. The molecule has 5 rings (SSSR count). The second-order valence-electron chi connectivity index (χ2n) is 8.33. The summed E-state index contributed by atoms with van der Waals surface area (Å²) in [5.74, 6) is 0.134. The molecule has 2 aromatic carbocycles. The monoisotopic (exact) mass is 361 g/mol. The molecule has 4 heteroatoms. The molecule has 1 saturated carbocycles. The average Bonchev–Trinajstić information content (AvgIpc) is 3.39. The number of nitriles is 1. The summed E-state index contributed by atoms with van der Waals surface area (Å²) in [5, 5.41) is 9.01. The summed E-state index contributed by atoms with van der Waals surface area (Å²) in [5.41, 5.74) is 11.2. The molecule has 27 heavy (non-hydrogen) atoms. The topological polar surface area (TPSA) is 53.0 Å². The first-order chi connectivity index (χ1) is 13.2. The van der Waals surface area contributed by atoms with Crippen molar-refractivity contribution in [3.8, 4) is 17.2 Å². The smallest absolute Gasteiger partial charge is 0.141 e. The van der Waals surface area contributed by atoms with E-state index in [1.54, 1.807) is 6.07 Å². The van der Waals surface area contributed by atoms with E-state index >= 15 is 0 Å². The minimum absolute atomic E-state index is 0.102. The maximum absolute atomic E-state index is 14.2. The number of rotatable bonds is 4. The van der Waals surface area contributed by atoms with Gasteiger partial charge >= 0.3 is 0 Å². The van der Waals surface area contributed by atoms with Crippen LogP contribution in [0.2, 0.25) is 0 Å². The Kier molecular flexibility index (Phi) is 4.03. The second kappa shape index (κ2) is 6.44. The van der Waals surface area contributed by atoms with Crippen LogP contribution in [-0.4, -0.2) is 23.0 Å². The van der Waals surface area contributed by atoms with Gasteiger partial charge in [-0.3, -0.25) is 4.90 Å². The molecule has 2 aliphatic heterocycles. The lowest BCUT2D eigenvalue weighted by molar-refractivity contribution is 0.238. The van der Waals surface area contributed by atoms with Crippen LogP contribution in [0.25, 0.3) is 11.1 Å². The second-order valence-corrected chi connectivity index (χ2v) is 8.33. The number of hydrogen-bond acceptors (Lipinski definition) is 3. The molecule has 0 amide bonds. The van der Waals surface area contributed by atoms with Crippen molar-refractivity contribution >= 4 is 0 Å². The molecule has 1 aliphatic carbocycles. The van der Waals surface area contributed by atoms with Crippen molar-refractivity contribution in [2.24, 2.45) is 5.73 Å². The summed E-state index contributed by atoms with van der Waals surface area (Å²) in [4.78, 5) is 2.61. The molecule has 2 bridgehead atoms. The van der Waals surface area contributed by atoms with E-state index in [0.717, 1.165) is 24.1 Å². The summed E-state index contributed by atoms with van der Waals surface area (Å²) in [6, 6.07) is 14.8. The lowest BCUT2D eigenvalue weighted by Crippen LogP contribution is -2.36. The van der Waals surface area contributed by atoms with Crippen molar-refractivity contribution < 1.29 is 4.39 Å². The molecule has 3 atom stereocenters. The van der Waals surface area contributed by atoms with E-state index in [-0.39, 0.29) is 5.56 Å². The summed E-state index contributed by atoms with van der Waals surface area (Å²) in [6.45, 7) is 0.946. The van der Waals surface area contributed by atoms with Gasteiger partial charge in [-0.15, -0.1) is 0 Å². The fraction of sp³-hybridized carbons (Fsp3) is 0.435. The van der Waals surface area contributed by atoms with Gasteiger partial charge in [0, 0.05) is 24.7 Å². The van der Waals surface area contributed by atoms with E-state index in [1.807, 2.05) is 12.1 Å². The van der Waals surface area contributed by atoms with E-state index < -0.39 is 5.82 Å². The first kappa shape index (κ1) is 16.9. The molecule has 2 saturated heterocycles. The molecule has 0 aromatic heterocycles. The Morgan fingerprint density at radius 2 is 2.00 bits per heavy atom. The van der Waals surface area contributed by atoms with Gasteiger partial charge in [0.2, 0.25) is 0 Å². The predicted molar refractivity (Wildman–Crippen MR) is 103 cm³/mol. The Balaban J connectivity index is 1.53. The number of nitrogens with two attached hydrogens (primary N) is 1. The number of halogens is 1. The van der Waals surface area contributed by atoms with E-state index in [1.165, 1.54) is 42.9 Å². The maximum Gasteiger partial charge on any atom is 0.141 e. The third-order valence-corrected chi connectivity index (χ3v) is 6.66. The Morgan fingerprint density at radius 3 is 2.63 bits per heavy atom. The highest BCUT2D eigenvalue weighted by Crippen LogP contribution is 2.47. The summed E-state index contributed by atoms with van der Waals surface area (Å²) < 4.78 is 14.2. The Morgan fingerprint density at radius 1 is 1.15 bits per heavy atom. The van der Waals surface area contributed by atoms with E-state index in [9.17, 15) is 4.39 Å². The van der Waals surface area contributed by atoms with Crippen LogP contribution in [0.4, 0.5) is 4.39 Å². The number of benzene rings is 2. The number of hydrogen-bond donors (Lipinski definition) is 1. The van der Waals surface area contributed by atoms with Crippen LogP contribution in [0, 0.1) is 17.1 Å². The van der Waals surface area contributed by atoms with Crippen molar-refractivity contribution in [1.29, 1.82) is 5.26 Å². The highest BCUT2D eigenvalue weighted by molar-refractivity contribution is 5.71. The molecule has 0 unspecified atom stereocenters. The average molecular weight is 361 g/mol. The largest absolute Gasteiger partial charge is 0.326 e. The van der Waals surface area contributed by atoms with Crippen molar-refractivity contribution in [2.75, 3.05) is 0 Å². The van der Waals surface area contributed by atoms with Crippen LogP contribution in [0.5, 0.6) is 0 Å². The lowest BCUT2D eigenvalue weighted by Gasteiger charge is -2.25. The van der Waals surface area contributed by atoms with Crippen LogP contribution in [0.3, 0.4) is 0 Å². The lowest BCUT2D eigenvalue weighted by atomic mass is 9.91. The zero-order valence-corrected chi connectivity index (χ0v) is 15.4. The third kappa shape index (κ3) is 2.86. The van der Waals surface area contributed by atoms with Crippen molar-refractivity contribution in [3.63, 3.8) is 0 Å². The molecule has 138 valence electrons. The van der Waals surface area contributed by atoms with E-state index in [0.29, 0.717) is 24.0 Å². The summed E-state index contributed by atoms with van der Waals surface area (Å²) in [7, 11) is 0. The van der Waals surface area contributed by atoms with Gasteiger partial charge in [0.25, 0.3) is 0 Å². The zero-order chi connectivity index (χ0) is 18.5. The zero-order valence-electron chi connectivity index (χ0n) is 15.4. The first-order valence-electron chi connectivity index (χ1n) is 9.99. The van der Waals surface area contributed by atoms with Gasteiger partial charge in [-0.05, 0) is 72.4 Å². The van der Waals surface area contributed by atoms with Crippen LogP contribution < -0.4 is 5.73 Å². The molecule has 0 radical (unpaired) electrons. The predicted octanol–water partition coefficient (Wildman–Crippen LogP) is 4.31.